The number of piperidine rings is 1. The van der Waals surface area contributed by atoms with E-state index in [0.29, 0.717) is 31.7 Å². The van der Waals surface area contributed by atoms with Gasteiger partial charge in [0.2, 0.25) is 5.88 Å². The molecule has 0 unspecified atom stereocenters. The zero-order valence-corrected chi connectivity index (χ0v) is 25.0. The van der Waals surface area contributed by atoms with E-state index >= 15 is 0 Å². The van der Waals surface area contributed by atoms with Crippen LogP contribution in [-0.2, 0) is 15.9 Å². The molecule has 2 aliphatic rings. The lowest BCUT2D eigenvalue weighted by atomic mass is 9.95. The molecular formula is C32H47N3O5. The van der Waals surface area contributed by atoms with Crippen LogP contribution < -0.4 is 9.47 Å². The summed E-state index contributed by atoms with van der Waals surface area (Å²) >= 11 is 0. The van der Waals surface area contributed by atoms with Crippen molar-refractivity contribution in [2.24, 2.45) is 5.92 Å². The van der Waals surface area contributed by atoms with Crippen LogP contribution in [0.25, 0.3) is 11.1 Å². The summed E-state index contributed by atoms with van der Waals surface area (Å²) in [5.74, 6) is 1.39. The molecule has 0 radical (unpaired) electrons. The first-order valence-corrected chi connectivity index (χ1v) is 15.0. The Morgan fingerprint density at radius 1 is 1.05 bits per heavy atom. The number of carbonyl (C=O) groups excluding carboxylic acids is 1. The first kappa shape index (κ1) is 30.1. The van der Waals surface area contributed by atoms with Crippen molar-refractivity contribution in [3.63, 3.8) is 0 Å². The Labute approximate surface area is 239 Å². The Hall–Kier alpha value is -2.87. The van der Waals surface area contributed by atoms with E-state index in [1.54, 1.807) is 12.0 Å². The van der Waals surface area contributed by atoms with E-state index in [0.717, 1.165) is 61.1 Å². The summed E-state index contributed by atoms with van der Waals surface area (Å²) < 4.78 is 23.8. The van der Waals surface area contributed by atoms with Gasteiger partial charge in [0.1, 0.15) is 11.4 Å². The first-order chi connectivity index (χ1) is 19.3. The fourth-order valence-corrected chi connectivity index (χ4v) is 5.50. The largest absolute Gasteiger partial charge is 0.490 e. The number of methoxy groups -OCH3 is 1. The van der Waals surface area contributed by atoms with E-state index in [1.807, 2.05) is 26.8 Å². The Balaban J connectivity index is 1.45. The Morgan fingerprint density at radius 2 is 1.80 bits per heavy atom. The molecule has 4 rings (SSSR count). The third kappa shape index (κ3) is 8.56. The van der Waals surface area contributed by atoms with E-state index in [1.165, 1.54) is 19.3 Å². The molecule has 1 aromatic carbocycles. The highest BCUT2D eigenvalue weighted by Crippen LogP contribution is 2.30. The number of nitrogens with zero attached hydrogens (tertiary/aromatic N) is 3. The van der Waals surface area contributed by atoms with Crippen molar-refractivity contribution in [1.82, 2.24) is 15.1 Å². The number of aryl methyl sites for hydroxylation is 1. The van der Waals surface area contributed by atoms with Crippen LogP contribution in [0.1, 0.15) is 84.8 Å². The van der Waals surface area contributed by atoms with Gasteiger partial charge in [0.25, 0.3) is 0 Å². The van der Waals surface area contributed by atoms with Crippen molar-refractivity contribution in [2.75, 3.05) is 26.8 Å². The predicted octanol–water partition coefficient (Wildman–Crippen LogP) is 6.85. The molecule has 8 heteroatoms. The van der Waals surface area contributed by atoms with Gasteiger partial charge in [-0.1, -0.05) is 31.9 Å². The van der Waals surface area contributed by atoms with Gasteiger partial charge in [-0.2, -0.15) is 5.10 Å². The molecule has 2 atom stereocenters. The molecule has 2 aromatic rings. The maximum atomic E-state index is 12.7. The number of unbranched alkanes of at least 4 members (excludes halogenated alkanes) is 1. The molecule has 8 nitrogen and oxygen atoms in total. The topological polar surface area (TPSA) is 83.0 Å². The summed E-state index contributed by atoms with van der Waals surface area (Å²) in [6.07, 6.45) is 9.82. The summed E-state index contributed by atoms with van der Waals surface area (Å²) in [5.41, 5.74) is 2.54. The number of benzene rings is 1. The molecule has 1 aromatic heterocycles. The van der Waals surface area contributed by atoms with Crippen molar-refractivity contribution in [3.05, 3.63) is 36.0 Å². The number of hydrogen-bond donors (Lipinski definition) is 0. The Morgan fingerprint density at radius 3 is 2.48 bits per heavy atom. The van der Waals surface area contributed by atoms with Crippen LogP contribution in [0.5, 0.6) is 11.6 Å². The first-order valence-electron chi connectivity index (χ1n) is 15.0. The fraction of sp³-hybridized carbons (Fsp3) is 0.656. The number of ether oxygens (including phenoxy) is 4. The minimum atomic E-state index is -0.535. The average Bonchev–Trinajstić information content (AvgIpc) is 2.95. The highest BCUT2D eigenvalue weighted by Gasteiger charge is 2.34. The van der Waals surface area contributed by atoms with Crippen LogP contribution >= 0.6 is 0 Å². The van der Waals surface area contributed by atoms with Gasteiger partial charge >= 0.3 is 6.09 Å². The van der Waals surface area contributed by atoms with Crippen molar-refractivity contribution >= 4 is 6.09 Å². The van der Waals surface area contributed by atoms with E-state index in [-0.39, 0.29) is 18.1 Å². The number of aromatic nitrogens is 2. The molecule has 1 aliphatic carbocycles. The van der Waals surface area contributed by atoms with Crippen molar-refractivity contribution in [1.29, 1.82) is 0 Å². The molecule has 1 amide bonds. The third-order valence-electron chi connectivity index (χ3n) is 7.70. The standard InChI is InChI=1S/C32H47N3O5/c1-6-7-13-28-27(23-14-16-26(17-15-23)39-25-11-9-8-10-12-25)20-30(34-33-28)38-22-24-21-35(19-18-29(24)37-5)31(36)40-32(2,3)4/h14-17,20,24-25,29H,6-13,18-19,21-22H2,1-5H3/t24-,29-/m1/s1. The van der Waals surface area contributed by atoms with E-state index in [9.17, 15) is 4.79 Å². The lowest BCUT2D eigenvalue weighted by molar-refractivity contribution is -0.0347. The lowest BCUT2D eigenvalue weighted by Crippen LogP contribution is -2.49. The zero-order chi connectivity index (χ0) is 28.5. The van der Waals surface area contributed by atoms with Gasteiger partial charge in [-0.25, -0.2) is 4.79 Å². The van der Waals surface area contributed by atoms with Crippen molar-refractivity contribution in [3.8, 4) is 22.8 Å². The van der Waals surface area contributed by atoms with Gasteiger partial charge in [-0.15, -0.1) is 5.10 Å². The maximum Gasteiger partial charge on any atom is 0.410 e. The summed E-state index contributed by atoms with van der Waals surface area (Å²) in [6.45, 7) is 9.29. The van der Waals surface area contributed by atoms with Crippen molar-refractivity contribution in [2.45, 2.75) is 103 Å². The van der Waals surface area contributed by atoms with Crippen LogP contribution in [-0.4, -0.2) is 65.8 Å². The molecule has 0 spiro atoms. The summed E-state index contributed by atoms with van der Waals surface area (Å²) in [7, 11) is 1.71. The van der Waals surface area contributed by atoms with Crippen LogP contribution in [0.15, 0.2) is 30.3 Å². The van der Waals surface area contributed by atoms with Gasteiger partial charge in [-0.3, -0.25) is 0 Å². The molecular weight excluding hydrogens is 506 g/mol. The third-order valence-corrected chi connectivity index (χ3v) is 7.70. The van der Waals surface area contributed by atoms with Gasteiger partial charge < -0.3 is 23.8 Å². The molecule has 0 bridgehead atoms. The van der Waals surface area contributed by atoms with Gasteiger partial charge in [-0.05, 0) is 83.4 Å². The van der Waals surface area contributed by atoms with Crippen LogP contribution in [0.3, 0.4) is 0 Å². The minimum absolute atomic E-state index is 0.00694. The quantitative estimate of drug-likeness (QED) is 0.318. The van der Waals surface area contributed by atoms with Crippen LogP contribution in [0, 0.1) is 5.92 Å². The molecule has 40 heavy (non-hydrogen) atoms. The second kappa shape index (κ2) is 14.2. The van der Waals surface area contributed by atoms with Crippen LogP contribution in [0.4, 0.5) is 4.79 Å². The number of carbonyl (C=O) groups is 1. The van der Waals surface area contributed by atoms with E-state index < -0.39 is 5.60 Å². The monoisotopic (exact) mass is 553 g/mol. The molecule has 0 N–H and O–H groups in total. The molecule has 1 saturated carbocycles. The van der Waals surface area contributed by atoms with E-state index in [4.69, 9.17) is 18.9 Å². The van der Waals surface area contributed by atoms with Gasteiger partial charge in [0.15, 0.2) is 0 Å². The highest BCUT2D eigenvalue weighted by molar-refractivity contribution is 5.68. The smallest absolute Gasteiger partial charge is 0.410 e. The second-order valence-electron chi connectivity index (χ2n) is 12.1. The second-order valence-corrected chi connectivity index (χ2v) is 12.1. The summed E-state index contributed by atoms with van der Waals surface area (Å²) in [4.78, 5) is 14.4. The highest BCUT2D eigenvalue weighted by atomic mass is 16.6. The van der Waals surface area contributed by atoms with Gasteiger partial charge in [0, 0.05) is 37.7 Å². The number of rotatable bonds is 10. The normalized spacial score (nSPS) is 20.3. The molecule has 1 aliphatic heterocycles. The molecule has 220 valence electrons. The molecule has 2 heterocycles. The Bertz CT molecular complexity index is 1080. The predicted molar refractivity (Wildman–Crippen MR) is 156 cm³/mol. The fourth-order valence-electron chi connectivity index (χ4n) is 5.50. The molecule has 2 fully saturated rings. The molecule has 1 saturated heterocycles. The number of likely N-dealkylation sites (tertiary alicyclic amines) is 1. The number of hydrogen-bond acceptors (Lipinski definition) is 7. The SMILES string of the molecule is CCCCc1nnc(OC[C@H]2CN(C(=O)OC(C)(C)C)CC[C@H]2OC)cc1-c1ccc(OC2CCCCC2)cc1. The minimum Gasteiger partial charge on any atom is -0.490 e. The van der Waals surface area contributed by atoms with Gasteiger partial charge in [0.05, 0.1) is 24.5 Å². The Kier molecular flexibility index (Phi) is 10.6. The summed E-state index contributed by atoms with van der Waals surface area (Å²) in [5, 5.41) is 8.98. The number of amides is 1. The zero-order valence-electron chi connectivity index (χ0n) is 25.0. The lowest BCUT2D eigenvalue weighted by Gasteiger charge is -2.38. The van der Waals surface area contributed by atoms with Crippen molar-refractivity contribution < 1.29 is 23.7 Å². The average molecular weight is 554 g/mol. The van der Waals surface area contributed by atoms with E-state index in [2.05, 4.69) is 41.4 Å². The summed E-state index contributed by atoms with van der Waals surface area (Å²) in [6, 6.07) is 10.3. The maximum absolute atomic E-state index is 12.7. The van der Waals surface area contributed by atoms with Crippen LogP contribution in [0.2, 0.25) is 0 Å².